The van der Waals surface area contributed by atoms with E-state index in [4.69, 9.17) is 0 Å². The van der Waals surface area contributed by atoms with Crippen LogP contribution in [0.3, 0.4) is 0 Å². The Labute approximate surface area is 78.0 Å². The molecule has 1 aromatic rings. The van der Waals surface area contributed by atoms with Crippen molar-refractivity contribution in [2.75, 3.05) is 6.54 Å². The number of carbonyl (C=O) groups is 1. The summed E-state index contributed by atoms with van der Waals surface area (Å²) >= 11 is 0. The lowest BCUT2D eigenvalue weighted by Gasteiger charge is -2.07. The summed E-state index contributed by atoms with van der Waals surface area (Å²) in [5.41, 5.74) is 2.37. The van der Waals surface area contributed by atoms with Crippen LogP contribution in [0, 0.1) is 6.92 Å². The zero-order valence-electron chi connectivity index (χ0n) is 7.71. The summed E-state index contributed by atoms with van der Waals surface area (Å²) in [6, 6.07) is 8.19. The zero-order chi connectivity index (χ0) is 9.26. The average Bonchev–Trinajstić information content (AvgIpc) is 2.51. The molecule has 1 atom stereocenters. The number of hydrogen-bond donors (Lipinski definition) is 1. The summed E-state index contributed by atoms with van der Waals surface area (Å²) in [6.07, 6.45) is 0.933. The maximum atomic E-state index is 11.4. The SMILES string of the molecule is Cc1cccc([C@@H]2CCNC2=O)c1. The van der Waals surface area contributed by atoms with Gasteiger partial charge >= 0.3 is 0 Å². The minimum Gasteiger partial charge on any atom is -0.356 e. The van der Waals surface area contributed by atoms with Crippen LogP contribution in [0.2, 0.25) is 0 Å². The van der Waals surface area contributed by atoms with E-state index in [1.54, 1.807) is 0 Å². The molecule has 0 bridgehead atoms. The summed E-state index contributed by atoms with van der Waals surface area (Å²) in [7, 11) is 0. The lowest BCUT2D eigenvalue weighted by molar-refractivity contribution is -0.120. The van der Waals surface area contributed by atoms with Crippen molar-refractivity contribution in [1.29, 1.82) is 0 Å². The fraction of sp³-hybridized carbons (Fsp3) is 0.364. The van der Waals surface area contributed by atoms with E-state index >= 15 is 0 Å². The van der Waals surface area contributed by atoms with Crippen LogP contribution < -0.4 is 5.32 Å². The number of carbonyl (C=O) groups excluding carboxylic acids is 1. The van der Waals surface area contributed by atoms with Crippen molar-refractivity contribution in [1.82, 2.24) is 5.32 Å². The van der Waals surface area contributed by atoms with Gasteiger partial charge in [-0.15, -0.1) is 0 Å². The van der Waals surface area contributed by atoms with Crippen LogP contribution >= 0.6 is 0 Å². The molecule has 0 saturated carbocycles. The van der Waals surface area contributed by atoms with Gasteiger partial charge in [-0.2, -0.15) is 0 Å². The molecule has 13 heavy (non-hydrogen) atoms. The Hall–Kier alpha value is -1.31. The summed E-state index contributed by atoms with van der Waals surface area (Å²) in [6.45, 7) is 2.87. The minimum atomic E-state index is 0.0832. The molecule has 2 rings (SSSR count). The molecule has 1 aliphatic heterocycles. The number of aryl methyl sites for hydroxylation is 1. The highest BCUT2D eigenvalue weighted by molar-refractivity contribution is 5.85. The number of nitrogens with one attached hydrogen (secondary N) is 1. The third kappa shape index (κ3) is 1.57. The quantitative estimate of drug-likeness (QED) is 0.690. The van der Waals surface area contributed by atoms with Gasteiger partial charge in [0.2, 0.25) is 5.91 Å². The molecule has 0 aliphatic carbocycles. The van der Waals surface area contributed by atoms with Crippen LogP contribution in [0.4, 0.5) is 0 Å². The van der Waals surface area contributed by atoms with Gasteiger partial charge in [0, 0.05) is 6.54 Å². The highest BCUT2D eigenvalue weighted by Gasteiger charge is 2.25. The summed E-state index contributed by atoms with van der Waals surface area (Å²) in [4.78, 5) is 11.4. The second kappa shape index (κ2) is 3.21. The molecule has 0 aromatic heterocycles. The van der Waals surface area contributed by atoms with Crippen molar-refractivity contribution in [2.45, 2.75) is 19.3 Å². The van der Waals surface area contributed by atoms with Crippen LogP contribution in [-0.4, -0.2) is 12.5 Å². The molecule has 1 N–H and O–H groups in total. The van der Waals surface area contributed by atoms with E-state index in [-0.39, 0.29) is 11.8 Å². The molecule has 68 valence electrons. The predicted octanol–water partition coefficient (Wildman–Crippen LogP) is 1.60. The van der Waals surface area contributed by atoms with Gasteiger partial charge in [0.15, 0.2) is 0 Å². The van der Waals surface area contributed by atoms with E-state index in [0.29, 0.717) is 0 Å². The van der Waals surface area contributed by atoms with Crippen LogP contribution in [0.25, 0.3) is 0 Å². The van der Waals surface area contributed by atoms with Gasteiger partial charge in [-0.25, -0.2) is 0 Å². The Bertz CT molecular complexity index is 333. The predicted molar refractivity (Wildman–Crippen MR) is 51.5 cm³/mol. The summed E-state index contributed by atoms with van der Waals surface area (Å²) in [5.74, 6) is 0.255. The first-order valence-electron chi connectivity index (χ1n) is 4.61. The topological polar surface area (TPSA) is 29.1 Å². The van der Waals surface area contributed by atoms with Crippen molar-refractivity contribution in [2.24, 2.45) is 0 Å². The molecule has 1 aliphatic rings. The maximum absolute atomic E-state index is 11.4. The van der Waals surface area contributed by atoms with E-state index in [9.17, 15) is 4.79 Å². The van der Waals surface area contributed by atoms with Crippen LogP contribution in [0.5, 0.6) is 0 Å². The highest BCUT2D eigenvalue weighted by atomic mass is 16.2. The molecule has 1 aromatic carbocycles. The van der Waals surface area contributed by atoms with E-state index in [0.717, 1.165) is 18.5 Å². The molecule has 1 heterocycles. The van der Waals surface area contributed by atoms with E-state index in [2.05, 4.69) is 24.4 Å². The molecule has 0 radical (unpaired) electrons. The van der Waals surface area contributed by atoms with E-state index in [1.165, 1.54) is 5.56 Å². The van der Waals surface area contributed by atoms with Crippen molar-refractivity contribution in [3.63, 3.8) is 0 Å². The van der Waals surface area contributed by atoms with Crippen molar-refractivity contribution in [3.05, 3.63) is 35.4 Å². The molecule has 1 amide bonds. The second-order valence-corrected chi connectivity index (χ2v) is 3.55. The Morgan fingerprint density at radius 2 is 2.31 bits per heavy atom. The lowest BCUT2D eigenvalue weighted by atomic mass is 9.96. The van der Waals surface area contributed by atoms with Gasteiger partial charge in [0.05, 0.1) is 5.92 Å². The molecule has 0 unspecified atom stereocenters. The Balaban J connectivity index is 2.29. The molecule has 2 heteroatoms. The molecule has 2 nitrogen and oxygen atoms in total. The minimum absolute atomic E-state index is 0.0832. The number of hydrogen-bond acceptors (Lipinski definition) is 1. The molecule has 1 fully saturated rings. The Morgan fingerprint density at radius 3 is 2.92 bits per heavy atom. The zero-order valence-corrected chi connectivity index (χ0v) is 7.71. The van der Waals surface area contributed by atoms with Gasteiger partial charge in [0.1, 0.15) is 0 Å². The van der Waals surface area contributed by atoms with Gasteiger partial charge in [-0.05, 0) is 18.9 Å². The van der Waals surface area contributed by atoms with Crippen LogP contribution in [0.1, 0.15) is 23.5 Å². The first-order chi connectivity index (χ1) is 6.27. The molecule has 0 spiro atoms. The Kier molecular flexibility index (Phi) is 2.05. The van der Waals surface area contributed by atoms with Crippen molar-refractivity contribution < 1.29 is 4.79 Å². The summed E-state index contributed by atoms with van der Waals surface area (Å²) < 4.78 is 0. The van der Waals surface area contributed by atoms with Crippen LogP contribution in [0.15, 0.2) is 24.3 Å². The van der Waals surface area contributed by atoms with E-state index in [1.807, 2.05) is 12.1 Å². The first-order valence-corrected chi connectivity index (χ1v) is 4.61. The fourth-order valence-corrected chi connectivity index (χ4v) is 1.80. The smallest absolute Gasteiger partial charge is 0.227 e. The molecule has 1 saturated heterocycles. The third-order valence-electron chi connectivity index (χ3n) is 2.49. The third-order valence-corrected chi connectivity index (χ3v) is 2.49. The number of amides is 1. The Morgan fingerprint density at radius 1 is 1.46 bits per heavy atom. The average molecular weight is 175 g/mol. The first kappa shape index (κ1) is 8.30. The highest BCUT2D eigenvalue weighted by Crippen LogP contribution is 2.23. The second-order valence-electron chi connectivity index (χ2n) is 3.55. The van der Waals surface area contributed by atoms with Gasteiger partial charge in [-0.3, -0.25) is 4.79 Å². The van der Waals surface area contributed by atoms with Crippen molar-refractivity contribution in [3.8, 4) is 0 Å². The van der Waals surface area contributed by atoms with Gasteiger partial charge in [-0.1, -0.05) is 29.8 Å². The number of benzene rings is 1. The molecular weight excluding hydrogens is 162 g/mol. The van der Waals surface area contributed by atoms with Crippen molar-refractivity contribution >= 4 is 5.91 Å². The molecular formula is C11H13NO. The van der Waals surface area contributed by atoms with Gasteiger partial charge in [0.25, 0.3) is 0 Å². The fourth-order valence-electron chi connectivity index (χ4n) is 1.80. The van der Waals surface area contributed by atoms with Crippen LogP contribution in [-0.2, 0) is 4.79 Å². The van der Waals surface area contributed by atoms with E-state index < -0.39 is 0 Å². The number of rotatable bonds is 1. The maximum Gasteiger partial charge on any atom is 0.227 e. The standard InChI is InChI=1S/C11H13NO/c1-8-3-2-4-9(7-8)10-5-6-12-11(10)13/h2-4,7,10H,5-6H2,1H3,(H,12,13)/t10-/m0/s1. The largest absolute Gasteiger partial charge is 0.356 e. The monoisotopic (exact) mass is 175 g/mol. The summed E-state index contributed by atoms with van der Waals surface area (Å²) in [5, 5.41) is 2.85. The van der Waals surface area contributed by atoms with Gasteiger partial charge < -0.3 is 5.32 Å². The lowest BCUT2D eigenvalue weighted by Crippen LogP contribution is -2.17. The normalized spacial score (nSPS) is 21.6.